The number of nitrogens with one attached hydrogen (secondary N) is 2. The molecule has 0 amide bonds. The molecule has 9 heteroatoms. The maximum Gasteiger partial charge on any atom is 0.353 e. The van der Waals surface area contributed by atoms with Gasteiger partial charge in [-0.15, -0.1) is 0 Å². The van der Waals surface area contributed by atoms with E-state index in [1.165, 1.54) is 12.1 Å². The highest BCUT2D eigenvalue weighted by Gasteiger charge is 2.23. The third-order valence-corrected chi connectivity index (χ3v) is 5.58. The van der Waals surface area contributed by atoms with E-state index in [9.17, 15) is 10.1 Å². The van der Waals surface area contributed by atoms with Gasteiger partial charge in [-0.1, -0.05) is 0 Å². The van der Waals surface area contributed by atoms with Gasteiger partial charge in [0.15, 0.2) is 0 Å². The second-order valence-electron chi connectivity index (χ2n) is 4.16. The molecular formula is C11H17N5O2S2. The predicted octanol–water partition coefficient (Wildman–Crippen LogP) is 2.08. The first-order valence-corrected chi connectivity index (χ1v) is 8.59. The van der Waals surface area contributed by atoms with E-state index in [0.717, 1.165) is 11.5 Å². The second-order valence-corrected chi connectivity index (χ2v) is 6.71. The van der Waals surface area contributed by atoms with Crippen LogP contribution in [0.3, 0.4) is 0 Å². The molecule has 0 aromatic carbocycles. The van der Waals surface area contributed by atoms with Crippen LogP contribution in [0.25, 0.3) is 0 Å². The zero-order valence-corrected chi connectivity index (χ0v) is 12.8. The van der Waals surface area contributed by atoms with Crippen LogP contribution in [0, 0.1) is 10.1 Å². The van der Waals surface area contributed by atoms with Crippen molar-refractivity contribution >= 4 is 40.8 Å². The lowest BCUT2D eigenvalue weighted by Gasteiger charge is -2.21. The van der Waals surface area contributed by atoms with Gasteiger partial charge in [0.1, 0.15) is 6.33 Å². The average Bonchev–Trinajstić information content (AvgIpc) is 2.46. The van der Waals surface area contributed by atoms with Crippen molar-refractivity contribution in [2.45, 2.75) is 12.2 Å². The van der Waals surface area contributed by atoms with E-state index in [0.29, 0.717) is 18.3 Å². The van der Waals surface area contributed by atoms with Crippen LogP contribution in [0.2, 0.25) is 0 Å². The zero-order chi connectivity index (χ0) is 14.4. The summed E-state index contributed by atoms with van der Waals surface area (Å²) in [4.78, 5) is 18.7. The summed E-state index contributed by atoms with van der Waals surface area (Å²) in [6.45, 7) is 3.13. The first-order valence-electron chi connectivity index (χ1n) is 6.38. The molecule has 2 heterocycles. The van der Waals surface area contributed by atoms with Crippen LogP contribution in [0.5, 0.6) is 0 Å². The third-order valence-electron chi connectivity index (χ3n) is 2.73. The van der Waals surface area contributed by atoms with Crippen molar-refractivity contribution in [1.29, 1.82) is 0 Å². The quantitative estimate of drug-likeness (QED) is 0.609. The number of aromatic nitrogens is 2. The number of rotatable bonds is 6. The van der Waals surface area contributed by atoms with E-state index >= 15 is 0 Å². The molecule has 1 fully saturated rings. The van der Waals surface area contributed by atoms with Gasteiger partial charge in [0, 0.05) is 35.6 Å². The molecule has 1 aliphatic rings. The normalized spacial score (nSPS) is 18.6. The number of hydrogen-bond acceptors (Lipinski definition) is 8. The van der Waals surface area contributed by atoms with E-state index in [1.54, 1.807) is 0 Å². The molecule has 0 spiro atoms. The van der Waals surface area contributed by atoms with Crippen LogP contribution in [-0.2, 0) is 0 Å². The summed E-state index contributed by atoms with van der Waals surface area (Å²) in [6.07, 6.45) is 1.34. The van der Waals surface area contributed by atoms with Gasteiger partial charge in [0.25, 0.3) is 0 Å². The van der Waals surface area contributed by atoms with E-state index in [4.69, 9.17) is 0 Å². The summed E-state index contributed by atoms with van der Waals surface area (Å²) < 4.78 is 0. The largest absolute Gasteiger partial charge is 0.364 e. The maximum absolute atomic E-state index is 11.2. The summed E-state index contributed by atoms with van der Waals surface area (Å²) in [5.41, 5.74) is -0.0807. The number of thioether (sulfide) groups is 2. The molecule has 1 aromatic heterocycles. The lowest BCUT2D eigenvalue weighted by Crippen LogP contribution is -2.24. The van der Waals surface area contributed by atoms with Gasteiger partial charge in [0.05, 0.1) is 4.92 Å². The van der Waals surface area contributed by atoms with Crippen LogP contribution in [0.1, 0.15) is 6.92 Å². The molecule has 0 saturated carbocycles. The first-order chi connectivity index (χ1) is 9.72. The highest BCUT2D eigenvalue weighted by molar-refractivity contribution is 8.06. The molecule has 1 aliphatic heterocycles. The fraction of sp³-hybridized carbons (Fsp3) is 0.636. The molecule has 20 heavy (non-hydrogen) atoms. The van der Waals surface area contributed by atoms with E-state index < -0.39 is 4.92 Å². The zero-order valence-electron chi connectivity index (χ0n) is 11.2. The highest BCUT2D eigenvalue weighted by Crippen LogP contribution is 2.30. The van der Waals surface area contributed by atoms with Crippen molar-refractivity contribution in [2.75, 3.05) is 41.0 Å². The minimum atomic E-state index is -0.441. The summed E-state index contributed by atoms with van der Waals surface area (Å²) in [6, 6.07) is 0. The minimum absolute atomic E-state index is 0.0807. The molecule has 1 atom stereocenters. The second kappa shape index (κ2) is 7.53. The van der Waals surface area contributed by atoms with E-state index in [1.807, 2.05) is 30.4 Å². The number of hydrogen-bond donors (Lipinski definition) is 2. The number of nitrogens with zero attached hydrogens (tertiary/aromatic N) is 3. The molecule has 2 N–H and O–H groups in total. The summed E-state index contributed by atoms with van der Waals surface area (Å²) in [5.74, 6) is 3.93. The highest BCUT2D eigenvalue weighted by atomic mass is 32.2. The molecule has 7 nitrogen and oxygen atoms in total. The van der Waals surface area contributed by atoms with Crippen LogP contribution in [-0.4, -0.2) is 50.5 Å². The summed E-state index contributed by atoms with van der Waals surface area (Å²) >= 11 is 3.82. The van der Waals surface area contributed by atoms with E-state index in [-0.39, 0.29) is 17.3 Å². The predicted molar refractivity (Wildman–Crippen MR) is 84.9 cm³/mol. The Hall–Kier alpha value is -1.22. The molecule has 2 rings (SSSR count). The van der Waals surface area contributed by atoms with Crippen molar-refractivity contribution < 1.29 is 4.92 Å². The molecule has 1 unspecified atom stereocenters. The fourth-order valence-electron chi connectivity index (χ4n) is 1.84. The van der Waals surface area contributed by atoms with Crippen molar-refractivity contribution in [3.63, 3.8) is 0 Å². The third kappa shape index (κ3) is 3.89. The monoisotopic (exact) mass is 315 g/mol. The molecule has 0 radical (unpaired) electrons. The Bertz CT molecular complexity index is 468. The number of nitro groups is 1. The van der Waals surface area contributed by atoms with Gasteiger partial charge in [-0.25, -0.2) is 9.97 Å². The lowest BCUT2D eigenvalue weighted by atomic mass is 10.4. The van der Waals surface area contributed by atoms with Gasteiger partial charge in [-0.05, 0) is 6.92 Å². The molecule has 1 saturated heterocycles. The molecular weight excluding hydrogens is 298 g/mol. The number of anilines is 2. The van der Waals surface area contributed by atoms with E-state index in [2.05, 4.69) is 20.6 Å². The van der Waals surface area contributed by atoms with Crippen molar-refractivity contribution in [3.05, 3.63) is 16.4 Å². The Balaban J connectivity index is 2.09. The Kier molecular flexibility index (Phi) is 5.72. The minimum Gasteiger partial charge on any atom is -0.364 e. The average molecular weight is 315 g/mol. The van der Waals surface area contributed by atoms with Crippen molar-refractivity contribution in [2.24, 2.45) is 0 Å². The van der Waals surface area contributed by atoms with Gasteiger partial charge < -0.3 is 10.6 Å². The standard InChI is InChI=1S/C11H17N5O2S2/c1-2-12-10-9(16(17)18)11(15-7-14-10)13-5-8-6-19-3-4-20-8/h7-8H,2-6H2,1H3,(H2,12,13,14,15). The Morgan fingerprint density at radius 2 is 2.15 bits per heavy atom. The van der Waals surface area contributed by atoms with Crippen LogP contribution >= 0.6 is 23.5 Å². The lowest BCUT2D eigenvalue weighted by molar-refractivity contribution is -0.383. The molecule has 110 valence electrons. The Labute approximate surface area is 125 Å². The van der Waals surface area contributed by atoms with Crippen molar-refractivity contribution in [1.82, 2.24) is 9.97 Å². The smallest absolute Gasteiger partial charge is 0.353 e. The Morgan fingerprint density at radius 1 is 1.40 bits per heavy atom. The molecule has 1 aromatic rings. The maximum atomic E-state index is 11.2. The molecule has 0 aliphatic carbocycles. The topological polar surface area (TPSA) is 93.0 Å². The Morgan fingerprint density at radius 3 is 2.75 bits per heavy atom. The summed E-state index contributed by atoms with van der Waals surface area (Å²) in [5, 5.41) is 17.7. The van der Waals surface area contributed by atoms with Crippen LogP contribution < -0.4 is 10.6 Å². The SMILES string of the molecule is CCNc1ncnc(NCC2CSCCS2)c1[N+](=O)[O-]. The van der Waals surface area contributed by atoms with Crippen molar-refractivity contribution in [3.8, 4) is 0 Å². The summed E-state index contributed by atoms with van der Waals surface area (Å²) in [7, 11) is 0. The fourth-order valence-corrected chi connectivity index (χ4v) is 4.45. The van der Waals surface area contributed by atoms with Gasteiger partial charge >= 0.3 is 5.69 Å². The van der Waals surface area contributed by atoms with Gasteiger partial charge in [-0.3, -0.25) is 10.1 Å². The first kappa shape index (κ1) is 15.2. The van der Waals surface area contributed by atoms with Gasteiger partial charge in [-0.2, -0.15) is 23.5 Å². The van der Waals surface area contributed by atoms with Gasteiger partial charge in [0.2, 0.25) is 11.6 Å². The molecule has 0 bridgehead atoms. The van der Waals surface area contributed by atoms with Crippen LogP contribution in [0.15, 0.2) is 6.33 Å². The van der Waals surface area contributed by atoms with Crippen LogP contribution in [0.4, 0.5) is 17.3 Å².